The van der Waals surface area contributed by atoms with Crippen LogP contribution < -0.4 is 0 Å². The summed E-state index contributed by atoms with van der Waals surface area (Å²) < 4.78 is 5.20. The van der Waals surface area contributed by atoms with Crippen molar-refractivity contribution in [3.8, 4) is 0 Å². The van der Waals surface area contributed by atoms with Gasteiger partial charge in [-0.15, -0.1) is 0 Å². The molecule has 0 saturated heterocycles. The van der Waals surface area contributed by atoms with Gasteiger partial charge in [0.05, 0.1) is 6.26 Å². The molecule has 0 N–H and O–H groups in total. The number of aldehydes is 1. The molecule has 1 aliphatic heterocycles. The number of rotatable bonds is 2. The van der Waals surface area contributed by atoms with Gasteiger partial charge in [0, 0.05) is 0 Å². The van der Waals surface area contributed by atoms with Crippen LogP contribution in [0.25, 0.3) is 0 Å². The second kappa shape index (κ2) is 7.69. The van der Waals surface area contributed by atoms with E-state index in [0.717, 1.165) is 6.29 Å². The number of carbonyl (C=O) groups excluding carboxylic acids is 1. The Kier molecular flexibility index (Phi) is 6.93. The molecular formula is C14H20O2. The van der Waals surface area contributed by atoms with Crippen molar-refractivity contribution in [1.82, 2.24) is 0 Å². The van der Waals surface area contributed by atoms with Crippen LogP contribution in [-0.2, 0) is 9.53 Å². The molecule has 0 aromatic heterocycles. The normalized spacial score (nSPS) is 16.0. The Labute approximate surface area is 98.0 Å². The van der Waals surface area contributed by atoms with Gasteiger partial charge in [0.15, 0.2) is 0 Å². The van der Waals surface area contributed by atoms with Gasteiger partial charge in [-0.3, -0.25) is 4.79 Å². The monoisotopic (exact) mass is 220 g/mol. The largest absolute Gasteiger partial charge is 0.491 e. The molecule has 2 heteroatoms. The lowest BCUT2D eigenvalue weighted by atomic mass is 10.1. The summed E-state index contributed by atoms with van der Waals surface area (Å²) in [5, 5.41) is 0. The van der Waals surface area contributed by atoms with Crippen molar-refractivity contribution in [2.75, 3.05) is 0 Å². The van der Waals surface area contributed by atoms with Gasteiger partial charge in [0.2, 0.25) is 0 Å². The lowest BCUT2D eigenvalue weighted by Gasteiger charge is -2.21. The van der Waals surface area contributed by atoms with E-state index in [4.69, 9.17) is 4.74 Å². The summed E-state index contributed by atoms with van der Waals surface area (Å²) in [5.74, 6) is 0. The predicted molar refractivity (Wildman–Crippen MR) is 68.1 cm³/mol. The molecule has 0 fully saturated rings. The van der Waals surface area contributed by atoms with Crippen LogP contribution in [0, 0.1) is 0 Å². The maximum atomic E-state index is 9.67. The number of allylic oxidation sites excluding steroid dienone is 6. The Hall–Kier alpha value is -1.57. The van der Waals surface area contributed by atoms with E-state index < -0.39 is 0 Å². The van der Waals surface area contributed by atoms with Crippen LogP contribution in [0.1, 0.15) is 27.7 Å². The Morgan fingerprint density at radius 2 is 1.88 bits per heavy atom. The first kappa shape index (κ1) is 14.4. The zero-order valence-electron chi connectivity index (χ0n) is 10.4. The molecule has 0 unspecified atom stereocenters. The molecule has 1 aliphatic rings. The summed E-state index contributed by atoms with van der Waals surface area (Å²) in [4.78, 5) is 9.67. The third kappa shape index (κ3) is 9.00. The molecule has 16 heavy (non-hydrogen) atoms. The molecule has 0 bridgehead atoms. The summed E-state index contributed by atoms with van der Waals surface area (Å²) in [6.45, 7) is 8.00. The fraction of sp³-hybridized carbons (Fsp3) is 0.357. The van der Waals surface area contributed by atoms with E-state index >= 15 is 0 Å². The molecule has 88 valence electrons. The average molecular weight is 220 g/mol. The molecular weight excluding hydrogens is 200 g/mol. The van der Waals surface area contributed by atoms with E-state index in [0.29, 0.717) is 0 Å². The lowest BCUT2D eigenvalue weighted by Crippen LogP contribution is -2.19. The van der Waals surface area contributed by atoms with E-state index in [9.17, 15) is 4.79 Å². The fourth-order valence-corrected chi connectivity index (χ4v) is 0.880. The van der Waals surface area contributed by atoms with E-state index in [1.807, 2.05) is 52.0 Å². The van der Waals surface area contributed by atoms with Crippen molar-refractivity contribution in [3.05, 3.63) is 48.3 Å². The first-order valence-electron chi connectivity index (χ1n) is 5.25. The first-order valence-corrected chi connectivity index (χ1v) is 5.25. The number of hydrogen-bond acceptors (Lipinski definition) is 2. The van der Waals surface area contributed by atoms with Gasteiger partial charge in [0.25, 0.3) is 0 Å². The second-order valence-electron chi connectivity index (χ2n) is 4.17. The summed E-state index contributed by atoms with van der Waals surface area (Å²) in [7, 11) is 0. The minimum absolute atomic E-state index is 0.0885. The first-order chi connectivity index (χ1) is 7.48. The number of carbonyl (C=O) groups is 1. The predicted octanol–water partition coefficient (Wildman–Crippen LogP) is 3.57. The van der Waals surface area contributed by atoms with Gasteiger partial charge >= 0.3 is 0 Å². The van der Waals surface area contributed by atoms with Gasteiger partial charge < -0.3 is 4.74 Å². The summed E-state index contributed by atoms with van der Waals surface area (Å²) in [6.07, 6.45) is 13.4. The maximum Gasteiger partial charge on any atom is 0.142 e. The minimum Gasteiger partial charge on any atom is -0.491 e. The van der Waals surface area contributed by atoms with Crippen molar-refractivity contribution >= 4 is 6.29 Å². The Morgan fingerprint density at radius 1 is 1.19 bits per heavy atom. The molecule has 0 spiro atoms. The van der Waals surface area contributed by atoms with Gasteiger partial charge in [0.1, 0.15) is 11.9 Å². The molecule has 0 amide bonds. The van der Waals surface area contributed by atoms with Crippen LogP contribution in [0.5, 0.6) is 0 Å². The molecule has 0 radical (unpaired) electrons. The van der Waals surface area contributed by atoms with Gasteiger partial charge in [-0.2, -0.15) is 0 Å². The molecule has 2 nitrogen and oxygen atoms in total. The van der Waals surface area contributed by atoms with Crippen molar-refractivity contribution in [3.63, 3.8) is 0 Å². The second-order valence-corrected chi connectivity index (χ2v) is 4.17. The molecule has 0 aliphatic carbocycles. The highest BCUT2D eigenvalue weighted by molar-refractivity contribution is 5.65. The Morgan fingerprint density at radius 3 is 2.19 bits per heavy atom. The van der Waals surface area contributed by atoms with Gasteiger partial charge in [-0.05, 0) is 45.9 Å². The van der Waals surface area contributed by atoms with E-state index in [2.05, 4.69) is 0 Å². The topological polar surface area (TPSA) is 26.3 Å². The zero-order valence-corrected chi connectivity index (χ0v) is 10.4. The van der Waals surface area contributed by atoms with Crippen LogP contribution in [0.15, 0.2) is 48.3 Å². The third-order valence-electron chi connectivity index (χ3n) is 1.68. The van der Waals surface area contributed by atoms with Crippen molar-refractivity contribution in [2.45, 2.75) is 33.3 Å². The summed E-state index contributed by atoms with van der Waals surface area (Å²) >= 11 is 0. The standard InChI is InChI=1S/2C7H10O/c1-7(2)5-3-4-6-8-7;1-7(2)5-3-4-6-8/h2*3-6H,1-2H3/b;4-3-. The lowest BCUT2D eigenvalue weighted by molar-refractivity contribution is -0.104. The summed E-state index contributed by atoms with van der Waals surface area (Å²) in [6, 6.07) is 0. The zero-order chi connectivity index (χ0) is 12.4. The highest BCUT2D eigenvalue weighted by Crippen LogP contribution is 2.14. The molecule has 0 atom stereocenters. The van der Waals surface area contributed by atoms with Gasteiger partial charge in [-0.25, -0.2) is 0 Å². The SMILES string of the molecule is CC(C)=C/C=C\C=O.CC1(C)C=CC=CO1. The highest BCUT2D eigenvalue weighted by Gasteiger charge is 2.13. The van der Waals surface area contributed by atoms with Crippen molar-refractivity contribution < 1.29 is 9.53 Å². The fourth-order valence-electron chi connectivity index (χ4n) is 0.880. The molecule has 1 rings (SSSR count). The number of ether oxygens (including phenoxy) is 1. The van der Waals surface area contributed by atoms with Crippen LogP contribution in [0.3, 0.4) is 0 Å². The molecule has 0 saturated carbocycles. The van der Waals surface area contributed by atoms with E-state index in [1.54, 1.807) is 12.3 Å². The van der Waals surface area contributed by atoms with Crippen LogP contribution in [0.2, 0.25) is 0 Å². The summed E-state index contributed by atoms with van der Waals surface area (Å²) in [5.41, 5.74) is 1.11. The highest BCUT2D eigenvalue weighted by atomic mass is 16.5. The Bertz CT molecular complexity index is 314. The number of hydrogen-bond donors (Lipinski definition) is 0. The van der Waals surface area contributed by atoms with Crippen molar-refractivity contribution in [2.24, 2.45) is 0 Å². The maximum absolute atomic E-state index is 9.67. The quantitative estimate of drug-likeness (QED) is 0.404. The molecule has 0 aromatic carbocycles. The van der Waals surface area contributed by atoms with E-state index in [1.165, 1.54) is 11.6 Å². The molecule has 1 heterocycles. The molecule has 0 aromatic rings. The van der Waals surface area contributed by atoms with Crippen molar-refractivity contribution in [1.29, 1.82) is 0 Å². The van der Waals surface area contributed by atoms with Gasteiger partial charge in [-0.1, -0.05) is 23.8 Å². The average Bonchev–Trinajstić information content (AvgIpc) is 2.18. The van der Waals surface area contributed by atoms with E-state index in [-0.39, 0.29) is 5.60 Å². The Balaban J connectivity index is 0.000000281. The van der Waals surface area contributed by atoms with Crippen LogP contribution in [-0.4, -0.2) is 11.9 Å². The third-order valence-corrected chi connectivity index (χ3v) is 1.68. The minimum atomic E-state index is -0.0885. The van der Waals surface area contributed by atoms with Crippen LogP contribution in [0.4, 0.5) is 0 Å². The smallest absolute Gasteiger partial charge is 0.142 e. The van der Waals surface area contributed by atoms with Crippen LogP contribution >= 0.6 is 0 Å².